The van der Waals surface area contributed by atoms with E-state index in [0.29, 0.717) is 27.0 Å². The van der Waals surface area contributed by atoms with Crippen molar-refractivity contribution in [3.05, 3.63) is 131 Å². The van der Waals surface area contributed by atoms with Crippen molar-refractivity contribution in [2.75, 3.05) is 12.3 Å². The summed E-state index contributed by atoms with van der Waals surface area (Å²) in [5.74, 6) is 0. The molecule has 10 aliphatic heterocycles. The minimum atomic E-state index is -4.68. The first-order valence-electron chi connectivity index (χ1n) is 17.4. The molecule has 0 saturated carbocycles. The van der Waals surface area contributed by atoms with Crippen LogP contribution in [0.2, 0.25) is 37.0 Å². The molecule has 6 atom stereocenters. The van der Waals surface area contributed by atoms with Crippen molar-refractivity contribution in [1.82, 2.24) is 0 Å². The molecule has 0 amide bonds. The first-order chi connectivity index (χ1) is 21.5. The van der Waals surface area contributed by atoms with Crippen molar-refractivity contribution in [2.45, 2.75) is 80.3 Å². The molecule has 1 spiro atoms. The Balaban J connectivity index is 1.18. The summed E-state index contributed by atoms with van der Waals surface area (Å²) < 4.78 is 2.62. The van der Waals surface area contributed by atoms with E-state index in [4.69, 9.17) is 0 Å². The van der Waals surface area contributed by atoms with Gasteiger partial charge in [-0.2, -0.15) is 0 Å². The molecular weight excluding hydrogens is 622 g/mol. The molecule has 4 aromatic rings. The minimum absolute atomic E-state index is 0.315. The fraction of sp³-hybridized carbons (Fsp3) is 0.429. The van der Waals surface area contributed by atoms with Crippen molar-refractivity contribution in [2.24, 2.45) is 5.41 Å². The van der Waals surface area contributed by atoms with E-state index in [1.165, 1.54) is 23.5 Å². The maximum absolute atomic E-state index is 4.68. The van der Waals surface area contributed by atoms with Crippen molar-refractivity contribution in [3.8, 4) is 0 Å². The SMILES string of the molecule is Cc1ccccc1P(C[C]12[C]3(CP)[C]4(c5ccccc5)[C]5(c6ccccc6)[C]1(C(C)(C)C)[Fe]32451678[CH]2[CH]1[CH]6[CH]7[CH]28)c1ccccc1C. The topological polar surface area (TPSA) is 0 Å². The van der Waals surface area contributed by atoms with E-state index in [1.54, 1.807) is 10.6 Å². The van der Waals surface area contributed by atoms with Crippen LogP contribution in [0.25, 0.3) is 0 Å². The number of rotatable bonds is 7. The van der Waals surface area contributed by atoms with Gasteiger partial charge in [-0.15, -0.1) is 0 Å². The summed E-state index contributed by atoms with van der Waals surface area (Å²) in [6, 6.07) is 44.0. The average molecular weight is 667 g/mol. The van der Waals surface area contributed by atoms with Crippen LogP contribution in [0.1, 0.15) is 43.0 Å². The van der Waals surface area contributed by atoms with Gasteiger partial charge in [0, 0.05) is 0 Å². The molecule has 0 aromatic heterocycles. The normalized spacial score (nSPS) is 59.3. The van der Waals surface area contributed by atoms with Crippen LogP contribution in [0.3, 0.4) is 0 Å². The number of fused-ring (bicyclic) bond motifs is 10. The van der Waals surface area contributed by atoms with Gasteiger partial charge in [0.2, 0.25) is 0 Å². The van der Waals surface area contributed by atoms with E-state index in [9.17, 15) is 0 Å². The summed E-state index contributed by atoms with van der Waals surface area (Å²) in [6.45, 7) is 8.42. The first kappa shape index (κ1) is 24.4. The van der Waals surface area contributed by atoms with E-state index in [0.717, 1.165) is 24.1 Å². The molecule has 14 rings (SSSR count). The average Bonchev–Trinajstić information content (AvgIpc) is 4.00. The van der Waals surface area contributed by atoms with Gasteiger partial charge in [0.1, 0.15) is 0 Å². The van der Waals surface area contributed by atoms with Gasteiger partial charge < -0.3 is 0 Å². The Morgan fingerprint density at radius 1 is 0.600 bits per heavy atom. The molecule has 0 radical (unpaired) electrons. The van der Waals surface area contributed by atoms with Crippen LogP contribution in [-0.4, -0.2) is 12.3 Å². The molecule has 0 nitrogen and oxygen atoms in total. The van der Waals surface area contributed by atoms with Gasteiger partial charge in [0.25, 0.3) is 0 Å². The molecule has 4 aromatic carbocycles. The first-order valence-corrected chi connectivity index (χ1v) is 25.7. The summed E-state index contributed by atoms with van der Waals surface area (Å²) in [6.07, 6.45) is 2.84. The van der Waals surface area contributed by atoms with Gasteiger partial charge in [-0.3, -0.25) is 0 Å². The third-order valence-corrected chi connectivity index (χ3v) is 72.9. The predicted molar refractivity (Wildman–Crippen MR) is 191 cm³/mol. The summed E-state index contributed by atoms with van der Waals surface area (Å²) in [4.78, 5) is 5.62. The molecular formula is C42H44FeP2. The molecule has 0 aliphatic carbocycles. The monoisotopic (exact) mass is 666 g/mol. The van der Waals surface area contributed by atoms with Crippen molar-refractivity contribution < 1.29 is 6.51 Å². The molecule has 0 bridgehead atoms. The fourth-order valence-electron chi connectivity index (χ4n) is 27.3. The standard InChI is InChI=1S/C37H39P2.C5H5.Fe/c1-26-16-12-14-22-32(26)39(33-23-15-13-17-27(33)2)25-31-30(24-38)34(28-18-8-6-9-19-28)35(36(31)37(3,4)5)29-20-10-7-11-21-29;1-2-4-5-3-1;/h6-23H,24-25,38H2,1-5H3;1-5H;. The van der Waals surface area contributed by atoms with Crippen LogP contribution in [0.15, 0.2) is 109 Å². The summed E-state index contributed by atoms with van der Waals surface area (Å²) in [5, 5.41) is 3.34. The van der Waals surface area contributed by atoms with Crippen LogP contribution < -0.4 is 10.6 Å². The summed E-state index contributed by atoms with van der Waals surface area (Å²) >= 11 is 0. The summed E-state index contributed by atoms with van der Waals surface area (Å²) in [5.41, 5.74) is 6.97. The Morgan fingerprint density at radius 3 is 1.42 bits per heavy atom. The van der Waals surface area contributed by atoms with Crippen LogP contribution in [0.5, 0.6) is 0 Å². The molecule has 3 heteroatoms. The van der Waals surface area contributed by atoms with E-state index in [2.05, 4.69) is 153 Å². The summed E-state index contributed by atoms with van der Waals surface area (Å²) in [7, 11) is 3.06. The number of aryl methyl sites for hydroxylation is 2. The third-order valence-electron chi connectivity index (χ3n) is 22.9. The number of hydrogen-bond donors (Lipinski definition) is 0. The van der Waals surface area contributed by atoms with Gasteiger partial charge in [-0.05, 0) is 0 Å². The molecule has 0 N–H and O–H groups in total. The molecule has 10 heterocycles. The third kappa shape index (κ3) is 0.581. The Hall–Kier alpha value is -1.74. The van der Waals surface area contributed by atoms with E-state index in [1.807, 2.05) is 11.1 Å². The van der Waals surface area contributed by atoms with Crippen molar-refractivity contribution >= 4 is 27.8 Å². The zero-order valence-corrected chi connectivity index (χ0v) is 30.2. The van der Waals surface area contributed by atoms with E-state index < -0.39 is 14.4 Å². The number of benzene rings is 4. The number of hydrogen-bond acceptors (Lipinski definition) is 0. The van der Waals surface area contributed by atoms with E-state index in [-0.39, 0.29) is 0 Å². The molecule has 10 fully saturated rings. The van der Waals surface area contributed by atoms with E-state index >= 15 is 0 Å². The Bertz CT molecular complexity index is 2470. The predicted octanol–water partition coefficient (Wildman–Crippen LogP) is 10.4. The Morgan fingerprint density at radius 2 is 1.02 bits per heavy atom. The zero-order chi connectivity index (χ0) is 30.4. The second-order valence-electron chi connectivity index (χ2n) is 19.6. The Labute approximate surface area is 262 Å². The van der Waals surface area contributed by atoms with Gasteiger partial charge in [-0.1, -0.05) is 0 Å². The quantitative estimate of drug-likeness (QED) is 0.136. The molecule has 6 unspecified atom stereocenters. The van der Waals surface area contributed by atoms with Crippen LogP contribution in [0.4, 0.5) is 0 Å². The fourth-order valence-corrected chi connectivity index (χ4v) is 123. The second-order valence-corrected chi connectivity index (χ2v) is 44.6. The maximum atomic E-state index is 3.53. The Kier molecular flexibility index (Phi) is 2.13. The van der Waals surface area contributed by atoms with Crippen LogP contribution in [-0.2, 0) is 15.1 Å². The van der Waals surface area contributed by atoms with Gasteiger partial charge in [-0.25, -0.2) is 0 Å². The second kappa shape index (κ2) is 3.93. The van der Waals surface area contributed by atoms with Crippen LogP contribution >= 0.6 is 17.2 Å². The molecule has 10 aliphatic rings. The molecule has 45 heavy (non-hydrogen) atoms. The zero-order valence-electron chi connectivity index (χ0n) is 27.1. The molecule has 10 saturated heterocycles. The van der Waals surface area contributed by atoms with Gasteiger partial charge in [0.05, 0.1) is 0 Å². The van der Waals surface area contributed by atoms with Gasteiger partial charge in [0.15, 0.2) is 0 Å². The van der Waals surface area contributed by atoms with Gasteiger partial charge >= 0.3 is 264 Å². The molecule has 230 valence electrons. The van der Waals surface area contributed by atoms with Crippen molar-refractivity contribution in [1.29, 1.82) is 0 Å². The van der Waals surface area contributed by atoms with Crippen LogP contribution in [0, 0.1) is 19.3 Å². The van der Waals surface area contributed by atoms with Crippen molar-refractivity contribution in [3.63, 3.8) is 0 Å².